The first-order valence-electron chi connectivity index (χ1n) is 12.6. The SMILES string of the molecule is CCCCCCCCC(CCC)CCCCC=CCCCCCCCC(=O)O. The first-order valence-corrected chi connectivity index (χ1v) is 12.6. The molecule has 0 spiro atoms. The second kappa shape index (κ2) is 22.5. The topological polar surface area (TPSA) is 37.3 Å². The van der Waals surface area contributed by atoms with Crippen molar-refractivity contribution in [1.29, 1.82) is 0 Å². The second-order valence-electron chi connectivity index (χ2n) is 8.67. The summed E-state index contributed by atoms with van der Waals surface area (Å²) >= 11 is 0. The number of carboxylic acid groups (broad SMARTS) is 1. The summed E-state index contributed by atoms with van der Waals surface area (Å²) in [5.74, 6) is 0.313. The van der Waals surface area contributed by atoms with Gasteiger partial charge in [-0.25, -0.2) is 0 Å². The van der Waals surface area contributed by atoms with Crippen molar-refractivity contribution in [3.63, 3.8) is 0 Å². The van der Waals surface area contributed by atoms with Crippen molar-refractivity contribution >= 4 is 5.97 Å². The molecule has 0 saturated carbocycles. The Labute approximate surface area is 176 Å². The van der Waals surface area contributed by atoms with Gasteiger partial charge in [0.1, 0.15) is 0 Å². The third-order valence-corrected chi connectivity index (χ3v) is 5.82. The molecular weight excluding hydrogens is 344 g/mol. The molecule has 0 aliphatic heterocycles. The average Bonchev–Trinajstić information content (AvgIpc) is 2.67. The van der Waals surface area contributed by atoms with Crippen LogP contribution in [-0.2, 0) is 4.79 Å². The van der Waals surface area contributed by atoms with E-state index in [0.717, 1.165) is 18.8 Å². The molecule has 0 aliphatic rings. The van der Waals surface area contributed by atoms with Crippen LogP contribution in [0, 0.1) is 5.92 Å². The zero-order valence-corrected chi connectivity index (χ0v) is 19.2. The highest BCUT2D eigenvalue weighted by atomic mass is 16.4. The maximum absolute atomic E-state index is 10.4. The van der Waals surface area contributed by atoms with E-state index in [1.807, 2.05) is 0 Å². The lowest BCUT2D eigenvalue weighted by atomic mass is 9.91. The Kier molecular flexibility index (Phi) is 21.9. The molecule has 2 nitrogen and oxygen atoms in total. The van der Waals surface area contributed by atoms with Crippen molar-refractivity contribution < 1.29 is 9.90 Å². The van der Waals surface area contributed by atoms with Gasteiger partial charge in [-0.15, -0.1) is 0 Å². The van der Waals surface area contributed by atoms with Gasteiger partial charge in [-0.3, -0.25) is 4.79 Å². The number of carbonyl (C=O) groups is 1. The van der Waals surface area contributed by atoms with Gasteiger partial charge in [-0.05, 0) is 38.0 Å². The van der Waals surface area contributed by atoms with Crippen molar-refractivity contribution in [1.82, 2.24) is 0 Å². The van der Waals surface area contributed by atoms with Crippen LogP contribution in [0.25, 0.3) is 0 Å². The van der Waals surface area contributed by atoms with Gasteiger partial charge >= 0.3 is 5.97 Å². The van der Waals surface area contributed by atoms with Crippen molar-refractivity contribution in [3.05, 3.63) is 12.2 Å². The van der Waals surface area contributed by atoms with E-state index in [-0.39, 0.29) is 0 Å². The van der Waals surface area contributed by atoms with Crippen LogP contribution in [0.15, 0.2) is 12.2 Å². The fraction of sp³-hybridized carbons (Fsp3) is 0.885. The minimum absolute atomic E-state index is 0.331. The van der Waals surface area contributed by atoms with E-state index in [4.69, 9.17) is 5.11 Å². The molecule has 0 heterocycles. The molecule has 0 aromatic rings. The molecule has 0 aromatic heterocycles. The molecule has 0 aliphatic carbocycles. The zero-order chi connectivity index (χ0) is 20.7. The van der Waals surface area contributed by atoms with Crippen LogP contribution in [-0.4, -0.2) is 11.1 Å². The molecule has 0 aromatic carbocycles. The van der Waals surface area contributed by atoms with Crippen molar-refractivity contribution in [3.8, 4) is 0 Å². The van der Waals surface area contributed by atoms with Gasteiger partial charge in [0.15, 0.2) is 0 Å². The minimum atomic E-state index is -0.661. The lowest BCUT2D eigenvalue weighted by molar-refractivity contribution is -0.137. The van der Waals surface area contributed by atoms with Crippen molar-refractivity contribution in [2.75, 3.05) is 0 Å². The third-order valence-electron chi connectivity index (χ3n) is 5.82. The van der Waals surface area contributed by atoms with Crippen LogP contribution in [0.4, 0.5) is 0 Å². The quantitative estimate of drug-likeness (QED) is 0.147. The second-order valence-corrected chi connectivity index (χ2v) is 8.67. The van der Waals surface area contributed by atoms with Crippen LogP contribution in [0.2, 0.25) is 0 Å². The largest absolute Gasteiger partial charge is 0.481 e. The first-order chi connectivity index (χ1) is 13.7. The molecule has 1 N–H and O–H groups in total. The van der Waals surface area contributed by atoms with Gasteiger partial charge < -0.3 is 5.11 Å². The number of unbranched alkanes of at least 4 members (excludes halogenated alkanes) is 12. The van der Waals surface area contributed by atoms with Gasteiger partial charge in [0.05, 0.1) is 0 Å². The smallest absolute Gasteiger partial charge is 0.303 e. The van der Waals surface area contributed by atoms with Crippen molar-refractivity contribution in [2.45, 2.75) is 142 Å². The van der Waals surface area contributed by atoms with E-state index >= 15 is 0 Å². The number of carboxylic acids is 1. The summed E-state index contributed by atoms with van der Waals surface area (Å²) in [5, 5.41) is 8.60. The summed E-state index contributed by atoms with van der Waals surface area (Å²) in [6.07, 6.45) is 30.0. The predicted molar refractivity (Wildman–Crippen MR) is 124 cm³/mol. The van der Waals surface area contributed by atoms with E-state index in [9.17, 15) is 4.79 Å². The summed E-state index contributed by atoms with van der Waals surface area (Å²) in [6.45, 7) is 4.63. The lowest BCUT2D eigenvalue weighted by Gasteiger charge is -2.15. The molecule has 0 bridgehead atoms. The Balaban J connectivity index is 3.48. The molecule has 2 heteroatoms. The normalized spacial score (nSPS) is 12.6. The molecule has 0 radical (unpaired) electrons. The van der Waals surface area contributed by atoms with Gasteiger partial charge in [-0.2, -0.15) is 0 Å². The summed E-state index contributed by atoms with van der Waals surface area (Å²) < 4.78 is 0. The third kappa shape index (κ3) is 21.5. The number of rotatable bonds is 22. The van der Waals surface area contributed by atoms with Crippen LogP contribution in [0.1, 0.15) is 142 Å². The first kappa shape index (κ1) is 27.2. The molecule has 0 fully saturated rings. The molecule has 0 amide bonds. The van der Waals surface area contributed by atoms with E-state index in [1.54, 1.807) is 0 Å². The number of hydrogen-bond acceptors (Lipinski definition) is 1. The van der Waals surface area contributed by atoms with E-state index < -0.39 is 5.97 Å². The molecule has 1 atom stereocenters. The van der Waals surface area contributed by atoms with E-state index in [1.165, 1.54) is 109 Å². The highest BCUT2D eigenvalue weighted by Gasteiger charge is 2.07. The van der Waals surface area contributed by atoms with Crippen LogP contribution in [0.3, 0.4) is 0 Å². The highest BCUT2D eigenvalue weighted by molar-refractivity contribution is 5.66. The Bertz CT molecular complexity index is 348. The minimum Gasteiger partial charge on any atom is -0.481 e. The van der Waals surface area contributed by atoms with Crippen LogP contribution < -0.4 is 0 Å². The number of allylic oxidation sites excluding steroid dienone is 2. The van der Waals surface area contributed by atoms with Crippen molar-refractivity contribution in [2.24, 2.45) is 5.92 Å². The lowest BCUT2D eigenvalue weighted by Crippen LogP contribution is -2.00. The Morgan fingerprint density at radius 3 is 1.75 bits per heavy atom. The maximum Gasteiger partial charge on any atom is 0.303 e. The highest BCUT2D eigenvalue weighted by Crippen LogP contribution is 2.22. The van der Waals surface area contributed by atoms with Gasteiger partial charge in [0, 0.05) is 6.42 Å². The Morgan fingerprint density at radius 1 is 0.643 bits per heavy atom. The Morgan fingerprint density at radius 2 is 1.14 bits per heavy atom. The van der Waals surface area contributed by atoms with Gasteiger partial charge in [0.2, 0.25) is 0 Å². The molecule has 166 valence electrons. The molecular formula is C26H50O2. The molecule has 0 saturated heterocycles. The summed E-state index contributed by atoms with van der Waals surface area (Å²) in [7, 11) is 0. The summed E-state index contributed by atoms with van der Waals surface area (Å²) in [4.78, 5) is 10.4. The van der Waals surface area contributed by atoms with E-state index in [2.05, 4.69) is 26.0 Å². The van der Waals surface area contributed by atoms with Crippen LogP contribution in [0.5, 0.6) is 0 Å². The maximum atomic E-state index is 10.4. The number of hydrogen-bond donors (Lipinski definition) is 1. The fourth-order valence-electron chi connectivity index (χ4n) is 4.05. The number of aliphatic carboxylic acids is 1. The summed E-state index contributed by atoms with van der Waals surface area (Å²) in [5.41, 5.74) is 0. The van der Waals surface area contributed by atoms with E-state index in [0.29, 0.717) is 6.42 Å². The monoisotopic (exact) mass is 394 g/mol. The van der Waals surface area contributed by atoms with Crippen LogP contribution >= 0.6 is 0 Å². The molecule has 28 heavy (non-hydrogen) atoms. The predicted octanol–water partition coefficient (Wildman–Crippen LogP) is 9.09. The molecule has 1 unspecified atom stereocenters. The Hall–Kier alpha value is -0.790. The zero-order valence-electron chi connectivity index (χ0n) is 19.2. The average molecular weight is 395 g/mol. The van der Waals surface area contributed by atoms with Gasteiger partial charge in [0.25, 0.3) is 0 Å². The fourth-order valence-corrected chi connectivity index (χ4v) is 4.05. The molecule has 0 rings (SSSR count). The standard InChI is InChI=1S/C26H50O2/c1-3-5-6-7-15-18-22-25(21-4-2)23-19-16-13-11-9-8-10-12-14-17-20-24-26(27)28/h9,11,25H,3-8,10,12-24H2,1-2H3,(H,27,28). The van der Waals surface area contributed by atoms with Gasteiger partial charge in [-0.1, -0.05) is 116 Å². The summed E-state index contributed by atoms with van der Waals surface area (Å²) in [6, 6.07) is 0.